The van der Waals surface area contributed by atoms with Gasteiger partial charge in [-0.15, -0.1) is 0 Å². The van der Waals surface area contributed by atoms with Crippen LogP contribution in [0, 0.1) is 13.0 Å². The lowest BCUT2D eigenvalue weighted by atomic mass is 10.1. The van der Waals surface area contributed by atoms with Crippen molar-refractivity contribution in [3.8, 4) is 11.1 Å². The van der Waals surface area contributed by atoms with E-state index >= 15 is 0 Å². The standard InChI is InChI=1S/C18H13FI/c19-18-13-16(20-15-9-5-2-6-10-15)11-12-17(18)14-7-3-1-4-8-14/h1-13H/q+1. The number of benzene rings is 3. The fourth-order valence-corrected chi connectivity index (χ4v) is 4.29. The molecule has 2 heteroatoms. The summed E-state index contributed by atoms with van der Waals surface area (Å²) in [7, 11) is 0. The van der Waals surface area contributed by atoms with E-state index in [1.807, 2.05) is 60.7 Å². The van der Waals surface area contributed by atoms with Gasteiger partial charge in [0, 0.05) is 11.6 Å². The molecule has 0 atom stereocenters. The van der Waals surface area contributed by atoms with Crippen LogP contribution in [0.4, 0.5) is 4.39 Å². The molecule has 0 N–H and O–H groups in total. The predicted octanol–water partition coefficient (Wildman–Crippen LogP) is 1.62. The molecule has 0 saturated heterocycles. The normalized spacial score (nSPS) is 10.4. The first-order valence-corrected chi connectivity index (χ1v) is 8.53. The Hall–Kier alpha value is -1.68. The van der Waals surface area contributed by atoms with Crippen molar-refractivity contribution in [3.05, 3.63) is 91.8 Å². The van der Waals surface area contributed by atoms with Gasteiger partial charge < -0.3 is 0 Å². The number of rotatable bonds is 3. The van der Waals surface area contributed by atoms with Crippen molar-refractivity contribution in [2.24, 2.45) is 0 Å². The molecule has 0 heterocycles. The van der Waals surface area contributed by atoms with Crippen LogP contribution in [-0.4, -0.2) is 0 Å². The second-order valence-corrected chi connectivity index (χ2v) is 7.41. The molecule has 98 valence electrons. The highest BCUT2D eigenvalue weighted by molar-refractivity contribution is 5.63. The highest BCUT2D eigenvalue weighted by Crippen LogP contribution is 2.21. The third kappa shape index (κ3) is 3.07. The van der Waals surface area contributed by atoms with Crippen molar-refractivity contribution in [2.45, 2.75) is 0 Å². The second kappa shape index (κ2) is 6.18. The van der Waals surface area contributed by atoms with E-state index in [-0.39, 0.29) is 27.0 Å². The second-order valence-electron chi connectivity index (χ2n) is 4.38. The first kappa shape index (κ1) is 13.3. The third-order valence-electron chi connectivity index (χ3n) is 2.97. The number of hydrogen-bond acceptors (Lipinski definition) is 0. The van der Waals surface area contributed by atoms with Gasteiger partial charge in [0.1, 0.15) is 5.82 Å². The molecule has 0 aliphatic heterocycles. The molecular weight excluding hydrogens is 362 g/mol. The van der Waals surface area contributed by atoms with Gasteiger partial charge in [-0.2, -0.15) is 0 Å². The summed E-state index contributed by atoms with van der Waals surface area (Å²) in [5.41, 5.74) is 1.60. The molecule has 0 nitrogen and oxygen atoms in total. The Bertz CT molecular complexity index is 693. The Balaban J connectivity index is 1.88. The van der Waals surface area contributed by atoms with E-state index in [0.29, 0.717) is 5.56 Å². The summed E-state index contributed by atoms with van der Waals surface area (Å²) < 4.78 is 16.7. The van der Waals surface area contributed by atoms with Crippen molar-refractivity contribution >= 4 is 0 Å². The molecule has 0 bridgehead atoms. The summed E-state index contributed by atoms with van der Waals surface area (Å²) in [6.45, 7) is 0. The van der Waals surface area contributed by atoms with Crippen LogP contribution in [0.2, 0.25) is 0 Å². The van der Waals surface area contributed by atoms with Gasteiger partial charge in [-0.3, -0.25) is 0 Å². The molecule has 0 aromatic heterocycles. The van der Waals surface area contributed by atoms with E-state index < -0.39 is 0 Å². The molecular formula is C18H13FI+. The summed E-state index contributed by atoms with van der Waals surface area (Å²) in [6, 6.07) is 25.6. The average molecular weight is 375 g/mol. The summed E-state index contributed by atoms with van der Waals surface area (Å²) >= 11 is -0.311. The van der Waals surface area contributed by atoms with Gasteiger partial charge in [0.25, 0.3) is 0 Å². The van der Waals surface area contributed by atoms with Crippen LogP contribution in [-0.2, 0) is 0 Å². The van der Waals surface area contributed by atoms with Crippen LogP contribution in [0.3, 0.4) is 0 Å². The molecule has 0 radical (unpaired) electrons. The van der Waals surface area contributed by atoms with Crippen LogP contribution in [0.15, 0.2) is 78.9 Å². The summed E-state index contributed by atoms with van der Waals surface area (Å²) in [5.74, 6) is -0.135. The molecule has 0 spiro atoms. The van der Waals surface area contributed by atoms with E-state index in [4.69, 9.17) is 0 Å². The highest BCUT2D eigenvalue weighted by Gasteiger charge is 2.17. The van der Waals surface area contributed by atoms with Gasteiger partial charge in [-0.25, -0.2) is 4.39 Å². The highest BCUT2D eigenvalue weighted by atomic mass is 127. The van der Waals surface area contributed by atoms with Crippen molar-refractivity contribution in [1.29, 1.82) is 0 Å². The van der Waals surface area contributed by atoms with Crippen LogP contribution in [0.25, 0.3) is 11.1 Å². The maximum absolute atomic E-state index is 14.3. The molecule has 3 aromatic rings. The first-order chi connectivity index (χ1) is 9.83. The summed E-state index contributed by atoms with van der Waals surface area (Å²) in [4.78, 5) is 0. The maximum atomic E-state index is 14.3. The maximum Gasteiger partial charge on any atom is 0.358 e. The van der Waals surface area contributed by atoms with Crippen molar-refractivity contribution in [3.63, 3.8) is 0 Å². The van der Waals surface area contributed by atoms with Gasteiger partial charge in [0.2, 0.25) is 0 Å². The van der Waals surface area contributed by atoms with Crippen LogP contribution < -0.4 is 21.2 Å². The molecule has 0 aliphatic carbocycles. The number of hydrogen-bond donors (Lipinski definition) is 0. The SMILES string of the molecule is Fc1cc([I+]c2ccccc2)ccc1-c1ccccc1. The van der Waals surface area contributed by atoms with Gasteiger partial charge in [-0.1, -0.05) is 48.5 Å². The van der Waals surface area contributed by atoms with Crippen LogP contribution >= 0.6 is 0 Å². The fourth-order valence-electron chi connectivity index (χ4n) is 2.00. The summed E-state index contributed by atoms with van der Waals surface area (Å²) in [5, 5.41) is 0. The molecule has 3 rings (SSSR count). The van der Waals surface area contributed by atoms with E-state index in [2.05, 4.69) is 12.1 Å². The van der Waals surface area contributed by atoms with E-state index in [9.17, 15) is 4.39 Å². The zero-order chi connectivity index (χ0) is 13.8. The first-order valence-electron chi connectivity index (χ1n) is 6.38. The number of halogens is 2. The fraction of sp³-hybridized carbons (Fsp3) is 0. The van der Waals surface area contributed by atoms with Crippen molar-refractivity contribution < 1.29 is 25.6 Å². The lowest BCUT2D eigenvalue weighted by Gasteiger charge is -2.02. The van der Waals surface area contributed by atoms with E-state index in [1.54, 1.807) is 6.07 Å². The smallest absolute Gasteiger partial charge is 0.206 e. The minimum absolute atomic E-state index is 0.135. The van der Waals surface area contributed by atoms with Gasteiger partial charge in [0.05, 0.1) is 0 Å². The molecule has 0 saturated carbocycles. The zero-order valence-electron chi connectivity index (χ0n) is 10.8. The average Bonchev–Trinajstić information content (AvgIpc) is 2.49. The van der Waals surface area contributed by atoms with E-state index in [0.717, 1.165) is 9.13 Å². The van der Waals surface area contributed by atoms with Crippen LogP contribution in [0.5, 0.6) is 0 Å². The third-order valence-corrected chi connectivity index (χ3v) is 5.60. The van der Waals surface area contributed by atoms with Gasteiger partial charge in [-0.05, 0) is 29.8 Å². The predicted molar refractivity (Wildman–Crippen MR) is 75.7 cm³/mol. The Kier molecular flexibility index (Phi) is 4.11. The van der Waals surface area contributed by atoms with Crippen molar-refractivity contribution in [1.82, 2.24) is 0 Å². The topological polar surface area (TPSA) is 0 Å². The largest absolute Gasteiger partial charge is 0.358 e. The molecule has 20 heavy (non-hydrogen) atoms. The Morgan fingerprint density at radius 3 is 1.95 bits per heavy atom. The molecule has 0 fully saturated rings. The Labute approximate surface area is 128 Å². The Morgan fingerprint density at radius 2 is 1.30 bits per heavy atom. The zero-order valence-corrected chi connectivity index (χ0v) is 12.9. The molecule has 0 amide bonds. The lowest BCUT2D eigenvalue weighted by molar-refractivity contribution is -0.597. The monoisotopic (exact) mass is 375 g/mol. The van der Waals surface area contributed by atoms with Gasteiger partial charge >= 0.3 is 21.2 Å². The molecule has 3 aromatic carbocycles. The molecule has 0 unspecified atom stereocenters. The van der Waals surface area contributed by atoms with Crippen molar-refractivity contribution in [2.75, 3.05) is 0 Å². The molecule has 0 aliphatic rings. The Morgan fingerprint density at radius 1 is 0.650 bits per heavy atom. The minimum atomic E-state index is -0.311. The lowest BCUT2D eigenvalue weighted by Crippen LogP contribution is -3.61. The quantitative estimate of drug-likeness (QED) is 0.611. The summed E-state index contributed by atoms with van der Waals surface area (Å²) in [6.07, 6.45) is 0. The van der Waals surface area contributed by atoms with Crippen LogP contribution in [0.1, 0.15) is 0 Å². The van der Waals surface area contributed by atoms with E-state index in [1.165, 1.54) is 3.57 Å². The van der Waals surface area contributed by atoms with Gasteiger partial charge in [0.15, 0.2) is 7.14 Å². The minimum Gasteiger partial charge on any atom is -0.206 e.